The van der Waals surface area contributed by atoms with Gasteiger partial charge >= 0.3 is 0 Å². The Bertz CT molecular complexity index is 1580. The van der Waals surface area contributed by atoms with Gasteiger partial charge in [-0.25, -0.2) is 0 Å². The summed E-state index contributed by atoms with van der Waals surface area (Å²) in [5, 5.41) is 4.40. The molecule has 4 bridgehead atoms. The smallest absolute Gasteiger partial charge is 0.259 e. The van der Waals surface area contributed by atoms with Crippen LogP contribution in [0.15, 0.2) is 54.9 Å². The Kier molecular flexibility index (Phi) is 5.85. The molecule has 2 aliphatic heterocycles. The van der Waals surface area contributed by atoms with Gasteiger partial charge in [-0.1, -0.05) is 18.2 Å². The molecule has 2 aliphatic rings. The highest BCUT2D eigenvalue weighted by molar-refractivity contribution is 6.50. The molecule has 4 heterocycles. The third-order valence-corrected chi connectivity index (χ3v) is 7.29. The largest absolute Gasteiger partial charge is 0.497 e. The highest BCUT2D eigenvalue weighted by atomic mass is 16.5. The number of nitrogens with zero attached hydrogens (tertiary/aromatic N) is 3. The van der Waals surface area contributed by atoms with Crippen LogP contribution in [0.5, 0.6) is 5.75 Å². The van der Waals surface area contributed by atoms with E-state index in [-0.39, 0.29) is 19.3 Å². The van der Waals surface area contributed by atoms with Crippen molar-refractivity contribution in [2.24, 2.45) is 0 Å². The molecule has 0 fully saturated rings. The first kappa shape index (κ1) is 23.5. The molecule has 37 heavy (non-hydrogen) atoms. The van der Waals surface area contributed by atoms with Crippen LogP contribution in [0.25, 0.3) is 33.0 Å². The van der Waals surface area contributed by atoms with Crippen molar-refractivity contribution >= 4 is 44.8 Å². The molecule has 192 valence electrons. The van der Waals surface area contributed by atoms with E-state index in [9.17, 15) is 9.59 Å². The monoisotopic (exact) mass is 500 g/mol. The van der Waals surface area contributed by atoms with Gasteiger partial charge in [-0.3, -0.25) is 14.9 Å². The number of carbonyl (C=O) groups excluding carboxylic acids is 2. The van der Waals surface area contributed by atoms with E-state index in [4.69, 9.17) is 9.47 Å². The number of aryl methyl sites for hydroxylation is 1. The first-order valence-corrected chi connectivity index (χ1v) is 12.6. The van der Waals surface area contributed by atoms with Gasteiger partial charge in [-0.15, -0.1) is 0 Å². The maximum absolute atomic E-state index is 13.3. The fourth-order valence-corrected chi connectivity index (χ4v) is 5.62. The number of likely N-dealkylation sites (N-methyl/N-ethyl adjacent to an activating group) is 1. The molecule has 0 saturated carbocycles. The summed E-state index contributed by atoms with van der Waals surface area (Å²) in [6.45, 7) is 2.69. The summed E-state index contributed by atoms with van der Waals surface area (Å²) >= 11 is 0. The van der Waals surface area contributed by atoms with Crippen LogP contribution in [0.4, 0.5) is 0 Å². The van der Waals surface area contributed by atoms with E-state index in [0.29, 0.717) is 30.8 Å². The Labute approximate surface area is 216 Å². The number of nitrogens with one attached hydrogen (secondary N) is 1. The highest BCUT2D eigenvalue weighted by Crippen LogP contribution is 2.39. The Hall–Kier alpha value is -3.88. The van der Waals surface area contributed by atoms with E-state index < -0.39 is 0 Å². The first-order chi connectivity index (χ1) is 17.9. The zero-order valence-electron chi connectivity index (χ0n) is 21.3. The Balaban J connectivity index is 0.00000294. The van der Waals surface area contributed by atoms with Gasteiger partial charge in [0.1, 0.15) is 5.75 Å². The lowest BCUT2D eigenvalue weighted by Gasteiger charge is -2.22. The number of imide groups is 1. The van der Waals surface area contributed by atoms with E-state index in [0.717, 1.165) is 51.6 Å². The van der Waals surface area contributed by atoms with Crippen molar-refractivity contribution in [3.63, 3.8) is 0 Å². The summed E-state index contributed by atoms with van der Waals surface area (Å²) in [6.07, 6.45) is 4.82. The molecule has 0 saturated heterocycles. The number of fused-ring (bicyclic) bond motifs is 12. The molecule has 1 atom stereocenters. The van der Waals surface area contributed by atoms with Gasteiger partial charge < -0.3 is 23.5 Å². The molecule has 1 unspecified atom stereocenters. The first-order valence-electron chi connectivity index (χ1n) is 12.6. The topological polar surface area (TPSA) is 77.7 Å². The van der Waals surface area contributed by atoms with Crippen molar-refractivity contribution in [1.82, 2.24) is 19.4 Å². The Morgan fingerprint density at radius 1 is 0.973 bits per heavy atom. The normalized spacial score (nSPS) is 18.4. The van der Waals surface area contributed by atoms with Crippen LogP contribution in [0, 0.1) is 0 Å². The SMILES string of the molecule is COc1ccc2c3cn(c2c1)CCC(CN(C)C)OCCn1cc(c2ccccc21)C1=C3C(=O)NC1=O.[HH]. The maximum Gasteiger partial charge on any atom is 0.259 e. The lowest BCUT2D eigenvalue weighted by atomic mass is 9.95. The number of para-hydroxylation sites is 1. The quantitative estimate of drug-likeness (QED) is 0.434. The molecule has 1 N–H and O–H groups in total. The van der Waals surface area contributed by atoms with Crippen molar-refractivity contribution < 1.29 is 20.5 Å². The molecule has 8 heteroatoms. The summed E-state index contributed by atoms with van der Waals surface area (Å²) in [4.78, 5) is 28.7. The van der Waals surface area contributed by atoms with Gasteiger partial charge in [0, 0.05) is 66.9 Å². The highest BCUT2D eigenvalue weighted by Gasteiger charge is 2.35. The van der Waals surface area contributed by atoms with E-state index in [1.165, 1.54) is 0 Å². The van der Waals surface area contributed by atoms with Crippen LogP contribution < -0.4 is 10.1 Å². The summed E-state index contributed by atoms with van der Waals surface area (Å²) in [7, 11) is 5.75. The minimum atomic E-state index is -0.369. The Morgan fingerprint density at radius 3 is 2.35 bits per heavy atom. The van der Waals surface area contributed by atoms with Crippen molar-refractivity contribution in [3.8, 4) is 5.75 Å². The molecule has 2 aromatic carbocycles. The number of amides is 2. The lowest BCUT2D eigenvalue weighted by Crippen LogP contribution is -2.30. The molecule has 0 spiro atoms. The number of hydrogen-bond acceptors (Lipinski definition) is 5. The standard InChI is InChI=1S/C29H30N4O4.H2/c1-31(2)15-19-10-11-32-16-23(21-9-8-18(36-3)14-25(21)32)27-26(28(34)30-29(27)35)22-17-33(12-13-37-19)24-7-5-4-6-20(22)24;/h4-9,14,16-17,19H,10-13,15H2,1-3H3,(H,30,34,35);1H. The second-order valence-electron chi connectivity index (χ2n) is 9.95. The molecule has 0 radical (unpaired) electrons. The molecule has 8 nitrogen and oxygen atoms in total. The van der Waals surface area contributed by atoms with Crippen molar-refractivity contribution in [1.29, 1.82) is 0 Å². The third-order valence-electron chi connectivity index (χ3n) is 7.29. The molecule has 2 aromatic heterocycles. The summed E-state index contributed by atoms with van der Waals surface area (Å²) in [5.74, 6) is 0.000878. The average molecular weight is 501 g/mol. The van der Waals surface area contributed by atoms with Crippen LogP contribution in [0.1, 0.15) is 19.0 Å². The second-order valence-corrected chi connectivity index (χ2v) is 9.95. The maximum atomic E-state index is 13.3. The van der Waals surface area contributed by atoms with E-state index >= 15 is 0 Å². The van der Waals surface area contributed by atoms with Gasteiger partial charge in [-0.2, -0.15) is 0 Å². The summed E-state index contributed by atoms with van der Waals surface area (Å²) in [5.41, 5.74) is 4.29. The predicted molar refractivity (Wildman–Crippen MR) is 145 cm³/mol. The minimum absolute atomic E-state index is 0. The molecule has 6 rings (SSSR count). The predicted octanol–water partition coefficient (Wildman–Crippen LogP) is 3.77. The van der Waals surface area contributed by atoms with Crippen LogP contribution >= 0.6 is 0 Å². The molecule has 2 amide bonds. The van der Waals surface area contributed by atoms with E-state index in [1.807, 2.05) is 54.9 Å². The minimum Gasteiger partial charge on any atom is -0.497 e. The average Bonchev–Trinajstić information content (AvgIpc) is 3.51. The van der Waals surface area contributed by atoms with Crippen LogP contribution in [-0.4, -0.2) is 66.3 Å². The van der Waals surface area contributed by atoms with Gasteiger partial charge in [0.15, 0.2) is 0 Å². The van der Waals surface area contributed by atoms with Crippen molar-refractivity contribution in [2.75, 3.05) is 34.4 Å². The van der Waals surface area contributed by atoms with Crippen LogP contribution in [0.3, 0.4) is 0 Å². The number of methoxy groups -OCH3 is 1. The third kappa shape index (κ3) is 4.02. The summed E-state index contributed by atoms with van der Waals surface area (Å²) < 4.78 is 16.2. The molecular formula is C29H32N4O4. The zero-order chi connectivity index (χ0) is 25.7. The van der Waals surface area contributed by atoms with E-state index in [1.54, 1.807) is 7.11 Å². The number of carbonyl (C=O) groups is 2. The van der Waals surface area contributed by atoms with Crippen LogP contribution in [0.2, 0.25) is 0 Å². The number of aromatic nitrogens is 2. The fourth-order valence-electron chi connectivity index (χ4n) is 5.62. The van der Waals surface area contributed by atoms with Gasteiger partial charge in [-0.05, 0) is 38.7 Å². The summed E-state index contributed by atoms with van der Waals surface area (Å²) in [6, 6.07) is 13.8. The van der Waals surface area contributed by atoms with Crippen LogP contribution in [-0.2, 0) is 27.4 Å². The van der Waals surface area contributed by atoms with Gasteiger partial charge in [0.2, 0.25) is 0 Å². The number of ether oxygens (including phenoxy) is 2. The van der Waals surface area contributed by atoms with Crippen molar-refractivity contribution in [2.45, 2.75) is 25.6 Å². The number of rotatable bonds is 3. The van der Waals surface area contributed by atoms with Gasteiger partial charge in [0.25, 0.3) is 11.8 Å². The zero-order valence-corrected chi connectivity index (χ0v) is 21.3. The molecule has 0 aliphatic carbocycles. The van der Waals surface area contributed by atoms with E-state index in [2.05, 4.69) is 33.4 Å². The Morgan fingerprint density at radius 2 is 1.65 bits per heavy atom. The second kappa shape index (κ2) is 9.21. The van der Waals surface area contributed by atoms with Gasteiger partial charge in [0.05, 0.1) is 36.5 Å². The fraction of sp³-hybridized carbons (Fsp3) is 0.310. The number of benzene rings is 2. The lowest BCUT2D eigenvalue weighted by molar-refractivity contribution is -0.122. The number of hydrogen-bond donors (Lipinski definition) is 1. The molecule has 4 aromatic rings. The molecular weight excluding hydrogens is 468 g/mol. The van der Waals surface area contributed by atoms with Crippen molar-refractivity contribution in [3.05, 3.63) is 66.0 Å².